The Balaban J connectivity index is 2.95. The molecule has 0 N–H and O–H groups in total. The predicted octanol–water partition coefficient (Wildman–Crippen LogP) is 2.33. The van der Waals surface area contributed by atoms with Crippen LogP contribution in [0.25, 0.3) is 0 Å². The van der Waals surface area contributed by atoms with Crippen molar-refractivity contribution in [3.8, 4) is 5.75 Å². The maximum atomic E-state index is 12.3. The van der Waals surface area contributed by atoms with Crippen LogP contribution in [0.3, 0.4) is 0 Å². The van der Waals surface area contributed by atoms with E-state index in [2.05, 4.69) is 0 Å². The molecule has 0 amide bonds. The molecule has 0 aliphatic carbocycles. The minimum Gasteiger partial charge on any atom is -0.497 e. The molecule has 0 aromatic heterocycles. The van der Waals surface area contributed by atoms with Gasteiger partial charge in [-0.3, -0.25) is 0 Å². The standard InChI is InChI=1S/C12H18ClNO3S/c1-3-14(10-4-9-13)18(15,16)12-7-5-11(17-2)6-8-12/h5-8H,3-4,9-10H2,1-2H3. The third-order valence-electron chi connectivity index (χ3n) is 2.59. The monoisotopic (exact) mass is 291 g/mol. The van der Waals surface area contributed by atoms with Crippen LogP contribution in [0.4, 0.5) is 0 Å². The highest BCUT2D eigenvalue weighted by atomic mass is 35.5. The van der Waals surface area contributed by atoms with Crippen molar-refractivity contribution >= 4 is 21.6 Å². The summed E-state index contributed by atoms with van der Waals surface area (Å²) in [5.74, 6) is 1.09. The molecule has 1 aromatic rings. The van der Waals surface area contributed by atoms with Gasteiger partial charge in [0.2, 0.25) is 10.0 Å². The van der Waals surface area contributed by atoms with Crippen molar-refractivity contribution in [3.63, 3.8) is 0 Å². The van der Waals surface area contributed by atoms with Crippen molar-refractivity contribution in [3.05, 3.63) is 24.3 Å². The van der Waals surface area contributed by atoms with E-state index in [1.54, 1.807) is 31.4 Å². The van der Waals surface area contributed by atoms with Gasteiger partial charge in [0.05, 0.1) is 12.0 Å². The molecule has 0 spiro atoms. The SMILES string of the molecule is CCN(CCCCl)S(=O)(=O)c1ccc(OC)cc1. The minimum absolute atomic E-state index is 0.278. The van der Waals surface area contributed by atoms with Crippen molar-refractivity contribution in [2.24, 2.45) is 0 Å². The van der Waals surface area contributed by atoms with Crippen LogP contribution in [0, 0.1) is 0 Å². The van der Waals surface area contributed by atoms with E-state index in [-0.39, 0.29) is 4.90 Å². The van der Waals surface area contributed by atoms with E-state index >= 15 is 0 Å². The number of methoxy groups -OCH3 is 1. The van der Waals surface area contributed by atoms with E-state index < -0.39 is 10.0 Å². The second-order valence-electron chi connectivity index (χ2n) is 3.71. The number of sulfonamides is 1. The summed E-state index contributed by atoms with van der Waals surface area (Å²) >= 11 is 5.60. The highest BCUT2D eigenvalue weighted by molar-refractivity contribution is 7.89. The van der Waals surface area contributed by atoms with Gasteiger partial charge >= 0.3 is 0 Å². The molecule has 1 aromatic carbocycles. The van der Waals surface area contributed by atoms with Crippen LogP contribution in [0.1, 0.15) is 13.3 Å². The zero-order valence-corrected chi connectivity index (χ0v) is 12.2. The smallest absolute Gasteiger partial charge is 0.243 e. The zero-order valence-electron chi connectivity index (χ0n) is 10.6. The highest BCUT2D eigenvalue weighted by Gasteiger charge is 2.22. The van der Waals surface area contributed by atoms with Crippen LogP contribution in [-0.2, 0) is 10.0 Å². The first-order chi connectivity index (χ1) is 8.56. The minimum atomic E-state index is -3.43. The third-order valence-corrected chi connectivity index (χ3v) is 4.85. The zero-order chi connectivity index (χ0) is 13.6. The maximum Gasteiger partial charge on any atom is 0.243 e. The summed E-state index contributed by atoms with van der Waals surface area (Å²) < 4.78 is 31.1. The van der Waals surface area contributed by atoms with Gasteiger partial charge in [-0.1, -0.05) is 6.92 Å². The molecule has 0 fully saturated rings. The van der Waals surface area contributed by atoms with E-state index in [1.807, 2.05) is 6.92 Å². The molecular formula is C12H18ClNO3S. The molecule has 1 rings (SSSR count). The Kier molecular flexibility index (Phi) is 5.91. The first kappa shape index (κ1) is 15.3. The average molecular weight is 292 g/mol. The van der Waals surface area contributed by atoms with Crippen LogP contribution in [0.15, 0.2) is 29.2 Å². The molecule has 6 heteroatoms. The van der Waals surface area contributed by atoms with Gasteiger partial charge in [0, 0.05) is 19.0 Å². The number of hydrogen-bond donors (Lipinski definition) is 0. The second kappa shape index (κ2) is 6.97. The highest BCUT2D eigenvalue weighted by Crippen LogP contribution is 2.19. The first-order valence-electron chi connectivity index (χ1n) is 5.76. The van der Waals surface area contributed by atoms with Crippen LogP contribution >= 0.6 is 11.6 Å². The Labute approximate surface area is 114 Å². The van der Waals surface area contributed by atoms with E-state index in [4.69, 9.17) is 16.3 Å². The van der Waals surface area contributed by atoms with Crippen molar-refractivity contribution in [1.82, 2.24) is 4.31 Å². The van der Waals surface area contributed by atoms with E-state index in [0.717, 1.165) is 0 Å². The van der Waals surface area contributed by atoms with Gasteiger partial charge in [-0.15, -0.1) is 11.6 Å². The van der Waals surface area contributed by atoms with Crippen molar-refractivity contribution < 1.29 is 13.2 Å². The molecule has 0 saturated carbocycles. The molecule has 102 valence electrons. The van der Waals surface area contributed by atoms with Crippen molar-refractivity contribution in [1.29, 1.82) is 0 Å². The summed E-state index contributed by atoms with van der Waals surface area (Å²) in [4.78, 5) is 0.278. The Bertz CT molecular complexity index is 459. The normalized spacial score (nSPS) is 11.8. The summed E-state index contributed by atoms with van der Waals surface area (Å²) in [7, 11) is -1.89. The van der Waals surface area contributed by atoms with E-state index in [0.29, 0.717) is 31.1 Å². The predicted molar refractivity (Wildman–Crippen MR) is 72.8 cm³/mol. The molecule has 4 nitrogen and oxygen atoms in total. The van der Waals surface area contributed by atoms with Crippen LogP contribution < -0.4 is 4.74 Å². The van der Waals surface area contributed by atoms with Crippen LogP contribution in [0.5, 0.6) is 5.75 Å². The molecular weight excluding hydrogens is 274 g/mol. The summed E-state index contributed by atoms with van der Waals surface area (Å²) in [6, 6.07) is 6.39. The Hall–Kier alpha value is -0.780. The number of alkyl halides is 1. The van der Waals surface area contributed by atoms with Crippen molar-refractivity contribution in [2.75, 3.05) is 26.1 Å². The van der Waals surface area contributed by atoms with Gasteiger partial charge in [0.15, 0.2) is 0 Å². The Morgan fingerprint density at radius 1 is 1.28 bits per heavy atom. The molecule has 0 aliphatic heterocycles. The van der Waals surface area contributed by atoms with Gasteiger partial charge in [0.1, 0.15) is 5.75 Å². The number of benzene rings is 1. The summed E-state index contributed by atoms with van der Waals surface area (Å²) in [5, 5.41) is 0. The maximum absolute atomic E-state index is 12.3. The number of rotatable bonds is 7. The second-order valence-corrected chi connectivity index (χ2v) is 6.03. The van der Waals surface area contributed by atoms with Gasteiger partial charge in [0.25, 0.3) is 0 Å². The molecule has 0 unspecified atom stereocenters. The molecule has 0 radical (unpaired) electrons. The van der Waals surface area contributed by atoms with Crippen molar-refractivity contribution in [2.45, 2.75) is 18.2 Å². The Morgan fingerprint density at radius 2 is 1.89 bits per heavy atom. The van der Waals surface area contributed by atoms with Crippen LogP contribution in [-0.4, -0.2) is 38.8 Å². The lowest BCUT2D eigenvalue weighted by Crippen LogP contribution is -2.32. The lowest BCUT2D eigenvalue weighted by atomic mass is 10.3. The average Bonchev–Trinajstić information content (AvgIpc) is 2.39. The van der Waals surface area contributed by atoms with E-state index in [1.165, 1.54) is 4.31 Å². The number of ether oxygens (including phenoxy) is 1. The topological polar surface area (TPSA) is 46.6 Å². The quantitative estimate of drug-likeness (QED) is 0.725. The van der Waals surface area contributed by atoms with E-state index in [9.17, 15) is 8.42 Å². The summed E-state index contributed by atoms with van der Waals surface area (Å²) in [5.41, 5.74) is 0. The first-order valence-corrected chi connectivity index (χ1v) is 7.74. The Morgan fingerprint density at radius 3 is 2.33 bits per heavy atom. The molecule has 0 bridgehead atoms. The lowest BCUT2D eigenvalue weighted by Gasteiger charge is -2.20. The number of nitrogens with zero attached hydrogens (tertiary/aromatic N) is 1. The van der Waals surface area contributed by atoms with Crippen LogP contribution in [0.2, 0.25) is 0 Å². The molecule has 0 aliphatic rings. The lowest BCUT2D eigenvalue weighted by molar-refractivity contribution is 0.413. The molecule has 0 atom stereocenters. The largest absolute Gasteiger partial charge is 0.497 e. The van der Waals surface area contributed by atoms with Gasteiger partial charge in [-0.05, 0) is 30.7 Å². The summed E-state index contributed by atoms with van der Waals surface area (Å²) in [6.07, 6.45) is 0.644. The van der Waals surface area contributed by atoms with Gasteiger partial charge in [-0.2, -0.15) is 4.31 Å². The third kappa shape index (κ3) is 3.60. The number of halogens is 1. The molecule has 18 heavy (non-hydrogen) atoms. The fraction of sp³-hybridized carbons (Fsp3) is 0.500. The molecule has 0 saturated heterocycles. The van der Waals surface area contributed by atoms with Gasteiger partial charge < -0.3 is 4.74 Å². The molecule has 0 heterocycles. The van der Waals surface area contributed by atoms with Gasteiger partial charge in [-0.25, -0.2) is 8.42 Å². The number of hydrogen-bond acceptors (Lipinski definition) is 3. The fourth-order valence-corrected chi connectivity index (χ4v) is 3.19. The fourth-order valence-electron chi connectivity index (χ4n) is 1.58. The summed E-state index contributed by atoms with van der Waals surface area (Å²) in [6.45, 7) is 2.69.